The van der Waals surface area contributed by atoms with Crippen LogP contribution in [0.4, 0.5) is 0 Å². The van der Waals surface area contributed by atoms with E-state index in [1.807, 2.05) is 79.7 Å². The highest BCUT2D eigenvalue weighted by molar-refractivity contribution is 9.10. The van der Waals surface area contributed by atoms with Crippen molar-refractivity contribution in [1.29, 1.82) is 0 Å². The molecule has 0 spiro atoms. The highest BCUT2D eigenvalue weighted by Crippen LogP contribution is 2.19. The number of hydrogen-bond donors (Lipinski definition) is 1. The van der Waals surface area contributed by atoms with E-state index in [-0.39, 0.29) is 12.5 Å². The van der Waals surface area contributed by atoms with Crippen LogP contribution in [-0.2, 0) is 11.4 Å². The number of hydrazone groups is 1. The molecule has 3 aromatic carbocycles. The SMILES string of the molecule is Cc1ccccc1OCC(=O)NN=Cc1ccccc1OCc1cccc(Br)c1. The van der Waals surface area contributed by atoms with Gasteiger partial charge in [-0.25, -0.2) is 5.43 Å². The zero-order valence-electron chi connectivity index (χ0n) is 16.0. The normalized spacial score (nSPS) is 10.7. The molecule has 0 fully saturated rings. The van der Waals surface area contributed by atoms with Crippen molar-refractivity contribution in [3.8, 4) is 11.5 Å². The lowest BCUT2D eigenvalue weighted by atomic mass is 10.2. The van der Waals surface area contributed by atoms with Crippen LogP contribution in [0.5, 0.6) is 11.5 Å². The van der Waals surface area contributed by atoms with Gasteiger partial charge in [-0.2, -0.15) is 5.10 Å². The molecule has 0 saturated heterocycles. The predicted molar refractivity (Wildman–Crippen MR) is 117 cm³/mol. The average molecular weight is 453 g/mol. The van der Waals surface area contributed by atoms with Gasteiger partial charge in [0, 0.05) is 10.0 Å². The Bertz CT molecular complexity index is 1000. The molecule has 5 nitrogen and oxygen atoms in total. The monoisotopic (exact) mass is 452 g/mol. The van der Waals surface area contributed by atoms with Gasteiger partial charge in [0.15, 0.2) is 6.61 Å². The lowest BCUT2D eigenvalue weighted by Gasteiger charge is -2.09. The number of amides is 1. The standard InChI is InChI=1S/C23H21BrN2O3/c1-17-7-2-4-11-21(17)29-16-23(27)26-25-14-19-9-3-5-12-22(19)28-15-18-8-6-10-20(24)13-18/h2-14H,15-16H2,1H3,(H,26,27). The van der Waals surface area contributed by atoms with Crippen molar-refractivity contribution in [2.45, 2.75) is 13.5 Å². The van der Waals surface area contributed by atoms with Gasteiger partial charge in [-0.15, -0.1) is 0 Å². The number of carbonyl (C=O) groups excluding carboxylic acids is 1. The van der Waals surface area contributed by atoms with E-state index in [0.717, 1.165) is 21.2 Å². The summed E-state index contributed by atoms with van der Waals surface area (Å²) in [5.41, 5.74) is 5.26. The van der Waals surface area contributed by atoms with Crippen LogP contribution in [0.15, 0.2) is 82.4 Å². The highest BCUT2D eigenvalue weighted by atomic mass is 79.9. The van der Waals surface area contributed by atoms with Crippen LogP contribution >= 0.6 is 15.9 Å². The summed E-state index contributed by atoms with van der Waals surface area (Å²) in [5.74, 6) is 1.02. The zero-order valence-corrected chi connectivity index (χ0v) is 17.6. The van der Waals surface area contributed by atoms with Crippen molar-refractivity contribution in [1.82, 2.24) is 5.43 Å². The number of para-hydroxylation sites is 2. The Hall–Kier alpha value is -3.12. The quantitative estimate of drug-likeness (QED) is 0.391. The number of halogens is 1. The lowest BCUT2D eigenvalue weighted by Crippen LogP contribution is -2.24. The maximum atomic E-state index is 12.0. The first kappa shape index (κ1) is 20.6. The molecule has 1 N–H and O–H groups in total. The predicted octanol–water partition coefficient (Wildman–Crippen LogP) is 4.87. The third-order valence-electron chi connectivity index (χ3n) is 4.05. The van der Waals surface area contributed by atoms with E-state index in [9.17, 15) is 4.79 Å². The van der Waals surface area contributed by atoms with Crippen molar-refractivity contribution in [3.63, 3.8) is 0 Å². The summed E-state index contributed by atoms with van der Waals surface area (Å²) >= 11 is 3.45. The first-order chi connectivity index (χ1) is 14.1. The fourth-order valence-corrected chi connectivity index (χ4v) is 3.02. The first-order valence-electron chi connectivity index (χ1n) is 9.08. The summed E-state index contributed by atoms with van der Waals surface area (Å²) in [5, 5.41) is 4.01. The summed E-state index contributed by atoms with van der Waals surface area (Å²) < 4.78 is 12.4. The van der Waals surface area contributed by atoms with Gasteiger partial charge < -0.3 is 9.47 Å². The minimum atomic E-state index is -0.336. The van der Waals surface area contributed by atoms with Gasteiger partial charge in [-0.3, -0.25) is 4.79 Å². The van der Waals surface area contributed by atoms with Crippen molar-refractivity contribution in [3.05, 3.63) is 94.0 Å². The van der Waals surface area contributed by atoms with Crippen LogP contribution < -0.4 is 14.9 Å². The highest BCUT2D eigenvalue weighted by Gasteiger charge is 2.05. The molecule has 29 heavy (non-hydrogen) atoms. The van der Waals surface area contributed by atoms with E-state index in [0.29, 0.717) is 18.1 Å². The molecule has 0 aliphatic carbocycles. The van der Waals surface area contributed by atoms with Crippen molar-refractivity contribution in [2.75, 3.05) is 6.61 Å². The number of nitrogens with zero attached hydrogens (tertiary/aromatic N) is 1. The van der Waals surface area contributed by atoms with Crippen LogP contribution in [-0.4, -0.2) is 18.7 Å². The summed E-state index contributed by atoms with van der Waals surface area (Å²) in [6.45, 7) is 2.25. The van der Waals surface area contributed by atoms with E-state index in [1.165, 1.54) is 0 Å². The van der Waals surface area contributed by atoms with Gasteiger partial charge in [0.05, 0.1) is 6.21 Å². The average Bonchev–Trinajstić information content (AvgIpc) is 2.72. The molecular weight excluding hydrogens is 432 g/mol. The van der Waals surface area contributed by atoms with Crippen molar-refractivity contribution >= 4 is 28.1 Å². The van der Waals surface area contributed by atoms with Gasteiger partial charge in [-0.05, 0) is 48.4 Å². The Labute approximate surface area is 178 Å². The van der Waals surface area contributed by atoms with Crippen LogP contribution in [0.1, 0.15) is 16.7 Å². The smallest absolute Gasteiger partial charge is 0.277 e. The molecule has 148 valence electrons. The number of ether oxygens (including phenoxy) is 2. The molecule has 0 unspecified atom stereocenters. The van der Waals surface area contributed by atoms with Crippen molar-refractivity contribution < 1.29 is 14.3 Å². The summed E-state index contributed by atoms with van der Waals surface area (Å²) in [4.78, 5) is 12.0. The first-order valence-corrected chi connectivity index (χ1v) is 9.88. The van der Waals surface area contributed by atoms with E-state index in [2.05, 4.69) is 26.5 Å². The summed E-state index contributed by atoms with van der Waals surface area (Å²) in [6.07, 6.45) is 1.56. The molecular formula is C23H21BrN2O3. The second-order valence-electron chi connectivity index (χ2n) is 6.30. The number of aryl methyl sites for hydroxylation is 1. The van der Waals surface area contributed by atoms with Crippen LogP contribution in [0.25, 0.3) is 0 Å². The summed E-state index contributed by atoms with van der Waals surface area (Å²) in [6, 6.07) is 23.0. The van der Waals surface area contributed by atoms with E-state index in [1.54, 1.807) is 6.21 Å². The molecule has 0 aliphatic rings. The maximum Gasteiger partial charge on any atom is 0.277 e. The molecule has 0 bridgehead atoms. The Kier molecular flexibility index (Phi) is 7.41. The molecule has 0 aromatic heterocycles. The van der Waals surface area contributed by atoms with E-state index >= 15 is 0 Å². The summed E-state index contributed by atoms with van der Waals surface area (Å²) in [7, 11) is 0. The van der Waals surface area contributed by atoms with Gasteiger partial charge in [0.2, 0.25) is 0 Å². The van der Waals surface area contributed by atoms with E-state index in [4.69, 9.17) is 9.47 Å². The van der Waals surface area contributed by atoms with Crippen LogP contribution in [0, 0.1) is 6.92 Å². The van der Waals surface area contributed by atoms with Crippen LogP contribution in [0.2, 0.25) is 0 Å². The molecule has 0 saturated carbocycles. The molecule has 0 radical (unpaired) electrons. The molecule has 1 amide bonds. The Balaban J connectivity index is 1.53. The topological polar surface area (TPSA) is 59.9 Å². The largest absolute Gasteiger partial charge is 0.488 e. The second kappa shape index (κ2) is 10.4. The molecule has 3 aromatic rings. The fourth-order valence-electron chi connectivity index (χ4n) is 2.57. The fraction of sp³-hybridized carbons (Fsp3) is 0.130. The number of hydrogen-bond acceptors (Lipinski definition) is 4. The lowest BCUT2D eigenvalue weighted by molar-refractivity contribution is -0.123. The number of carbonyl (C=O) groups is 1. The Morgan fingerprint density at radius 1 is 1.00 bits per heavy atom. The number of rotatable bonds is 8. The van der Waals surface area contributed by atoms with Gasteiger partial charge in [-0.1, -0.05) is 58.4 Å². The number of nitrogens with one attached hydrogen (secondary N) is 1. The minimum absolute atomic E-state index is 0.108. The molecule has 0 aliphatic heterocycles. The van der Waals surface area contributed by atoms with Crippen LogP contribution in [0.3, 0.4) is 0 Å². The zero-order chi connectivity index (χ0) is 20.5. The van der Waals surface area contributed by atoms with Gasteiger partial charge in [0.1, 0.15) is 18.1 Å². The minimum Gasteiger partial charge on any atom is -0.488 e. The Morgan fingerprint density at radius 3 is 2.55 bits per heavy atom. The van der Waals surface area contributed by atoms with Crippen molar-refractivity contribution in [2.24, 2.45) is 5.10 Å². The third-order valence-corrected chi connectivity index (χ3v) is 4.54. The maximum absolute atomic E-state index is 12.0. The molecule has 0 heterocycles. The molecule has 3 rings (SSSR count). The second-order valence-corrected chi connectivity index (χ2v) is 7.22. The van der Waals surface area contributed by atoms with E-state index < -0.39 is 0 Å². The molecule has 0 atom stereocenters. The van der Waals surface area contributed by atoms with Gasteiger partial charge in [0.25, 0.3) is 5.91 Å². The number of benzene rings is 3. The third kappa shape index (κ3) is 6.47. The molecule has 6 heteroatoms. The van der Waals surface area contributed by atoms with Gasteiger partial charge >= 0.3 is 0 Å². The Morgan fingerprint density at radius 2 is 1.76 bits per heavy atom.